The zero-order valence-electron chi connectivity index (χ0n) is 12.6. The summed E-state index contributed by atoms with van der Waals surface area (Å²) >= 11 is 0. The number of amides is 2. The zero-order valence-corrected chi connectivity index (χ0v) is 12.6. The number of hydrogen-bond acceptors (Lipinski definition) is 4. The fourth-order valence-electron chi connectivity index (χ4n) is 2.19. The molecule has 0 heterocycles. The summed E-state index contributed by atoms with van der Waals surface area (Å²) < 4.78 is 0. The number of nitrogens with one attached hydrogen (secondary N) is 1. The minimum Gasteiger partial charge on any atom is -0.395 e. The van der Waals surface area contributed by atoms with E-state index in [1.165, 1.54) is 11.3 Å². The van der Waals surface area contributed by atoms with Gasteiger partial charge in [0, 0.05) is 26.2 Å². The van der Waals surface area contributed by atoms with Gasteiger partial charge in [0.25, 0.3) is 0 Å². The summed E-state index contributed by atoms with van der Waals surface area (Å²) in [6.07, 6.45) is 4.26. The van der Waals surface area contributed by atoms with Crippen LogP contribution in [0.15, 0.2) is 0 Å². The van der Waals surface area contributed by atoms with Crippen LogP contribution in [0.5, 0.6) is 0 Å². The predicted octanol–water partition coefficient (Wildman–Crippen LogP) is -0.182. The van der Waals surface area contributed by atoms with Gasteiger partial charge in [-0.3, -0.25) is 14.5 Å². The molecule has 1 fully saturated rings. The number of likely N-dealkylation sites (N-methyl/N-ethyl adjacent to an activating group) is 1. The fraction of sp³-hybridized carbons (Fsp3) is 0.857. The van der Waals surface area contributed by atoms with Crippen molar-refractivity contribution in [3.05, 3.63) is 0 Å². The van der Waals surface area contributed by atoms with Crippen LogP contribution in [0.3, 0.4) is 0 Å². The van der Waals surface area contributed by atoms with E-state index in [4.69, 9.17) is 5.11 Å². The summed E-state index contributed by atoms with van der Waals surface area (Å²) in [6, 6.07) is 0.411. The van der Waals surface area contributed by atoms with E-state index in [1.807, 2.05) is 11.8 Å². The van der Waals surface area contributed by atoms with Crippen molar-refractivity contribution in [3.63, 3.8) is 0 Å². The highest BCUT2D eigenvalue weighted by atomic mass is 16.3. The third-order valence-corrected chi connectivity index (χ3v) is 3.70. The normalized spacial score (nSPS) is 15.0. The molecule has 0 saturated heterocycles. The standard InChI is InChI=1S/C14H27N3O3/c1-3-7-15-13(19)10-16(2)14(20)11-17(8-9-18)12-5-4-6-12/h12,18H,3-11H2,1-2H3,(H,15,19). The van der Waals surface area contributed by atoms with E-state index in [0.29, 0.717) is 19.1 Å². The SMILES string of the molecule is CCCNC(=O)CN(C)C(=O)CN(CCO)C1CCC1. The first-order valence-electron chi connectivity index (χ1n) is 7.44. The predicted molar refractivity (Wildman–Crippen MR) is 77.2 cm³/mol. The summed E-state index contributed by atoms with van der Waals surface area (Å²) in [4.78, 5) is 27.1. The van der Waals surface area contributed by atoms with Gasteiger partial charge in [0.15, 0.2) is 0 Å². The van der Waals surface area contributed by atoms with Crippen LogP contribution >= 0.6 is 0 Å². The van der Waals surface area contributed by atoms with Crippen LogP contribution < -0.4 is 5.32 Å². The Bertz CT molecular complexity index is 319. The van der Waals surface area contributed by atoms with E-state index >= 15 is 0 Å². The fourth-order valence-corrected chi connectivity index (χ4v) is 2.19. The molecular formula is C14H27N3O3. The highest BCUT2D eigenvalue weighted by Crippen LogP contribution is 2.24. The van der Waals surface area contributed by atoms with E-state index in [0.717, 1.165) is 19.3 Å². The van der Waals surface area contributed by atoms with Gasteiger partial charge in [-0.05, 0) is 19.3 Å². The van der Waals surface area contributed by atoms with E-state index in [-0.39, 0.29) is 31.5 Å². The smallest absolute Gasteiger partial charge is 0.239 e. The van der Waals surface area contributed by atoms with Gasteiger partial charge in [-0.2, -0.15) is 0 Å². The molecule has 0 aromatic carbocycles. The van der Waals surface area contributed by atoms with Gasteiger partial charge in [-0.25, -0.2) is 0 Å². The summed E-state index contributed by atoms with van der Waals surface area (Å²) in [5, 5.41) is 11.8. The van der Waals surface area contributed by atoms with Crippen molar-refractivity contribution in [2.75, 3.05) is 39.8 Å². The molecule has 1 rings (SSSR count). The average molecular weight is 285 g/mol. The Hall–Kier alpha value is -1.14. The molecule has 0 bridgehead atoms. The molecule has 0 aromatic rings. The molecule has 0 spiro atoms. The van der Waals surface area contributed by atoms with Gasteiger partial charge < -0.3 is 15.3 Å². The molecule has 1 aliphatic rings. The van der Waals surface area contributed by atoms with Crippen LogP contribution in [0.4, 0.5) is 0 Å². The maximum absolute atomic E-state index is 12.1. The molecule has 1 saturated carbocycles. The van der Waals surface area contributed by atoms with Crippen LogP contribution in [0.1, 0.15) is 32.6 Å². The highest BCUT2D eigenvalue weighted by Gasteiger charge is 2.27. The number of carbonyl (C=O) groups excluding carboxylic acids is 2. The number of nitrogens with zero attached hydrogens (tertiary/aromatic N) is 2. The van der Waals surface area contributed by atoms with Crippen LogP contribution in [0, 0.1) is 0 Å². The molecule has 6 nitrogen and oxygen atoms in total. The molecule has 20 heavy (non-hydrogen) atoms. The average Bonchev–Trinajstić information content (AvgIpc) is 2.34. The van der Waals surface area contributed by atoms with Crippen molar-refractivity contribution < 1.29 is 14.7 Å². The van der Waals surface area contributed by atoms with Crippen molar-refractivity contribution in [2.45, 2.75) is 38.6 Å². The Balaban J connectivity index is 2.36. The lowest BCUT2D eigenvalue weighted by atomic mass is 9.91. The van der Waals surface area contributed by atoms with Gasteiger partial charge in [0.05, 0.1) is 19.7 Å². The maximum atomic E-state index is 12.1. The Morgan fingerprint density at radius 2 is 2.00 bits per heavy atom. The number of aliphatic hydroxyl groups excluding tert-OH is 1. The first-order chi connectivity index (χ1) is 9.58. The first-order valence-corrected chi connectivity index (χ1v) is 7.44. The second kappa shape index (κ2) is 8.92. The Morgan fingerprint density at radius 1 is 1.30 bits per heavy atom. The molecule has 0 aromatic heterocycles. The summed E-state index contributed by atoms with van der Waals surface area (Å²) in [6.45, 7) is 3.58. The topological polar surface area (TPSA) is 72.9 Å². The summed E-state index contributed by atoms with van der Waals surface area (Å²) in [5.74, 6) is -0.197. The monoisotopic (exact) mass is 285 g/mol. The third-order valence-electron chi connectivity index (χ3n) is 3.70. The van der Waals surface area contributed by atoms with E-state index in [9.17, 15) is 9.59 Å². The van der Waals surface area contributed by atoms with E-state index < -0.39 is 0 Å². The lowest BCUT2D eigenvalue weighted by Gasteiger charge is -2.37. The second-order valence-electron chi connectivity index (χ2n) is 5.38. The third kappa shape index (κ3) is 5.46. The van der Waals surface area contributed by atoms with Gasteiger partial charge >= 0.3 is 0 Å². The van der Waals surface area contributed by atoms with Crippen LogP contribution in [0.2, 0.25) is 0 Å². The number of aliphatic hydroxyl groups is 1. The van der Waals surface area contributed by atoms with Crippen molar-refractivity contribution in [2.24, 2.45) is 0 Å². The molecule has 0 unspecified atom stereocenters. The lowest BCUT2D eigenvalue weighted by Crippen LogP contribution is -2.48. The number of rotatable bonds is 9. The van der Waals surface area contributed by atoms with Crippen molar-refractivity contribution in [3.8, 4) is 0 Å². The van der Waals surface area contributed by atoms with Crippen molar-refractivity contribution >= 4 is 11.8 Å². The quantitative estimate of drug-likeness (QED) is 0.616. The Morgan fingerprint density at radius 3 is 2.50 bits per heavy atom. The first kappa shape index (κ1) is 16.9. The van der Waals surface area contributed by atoms with Crippen LogP contribution in [-0.4, -0.2) is 72.6 Å². The molecule has 2 amide bonds. The zero-order chi connectivity index (χ0) is 15.0. The molecule has 116 valence electrons. The molecule has 1 aliphatic carbocycles. The van der Waals surface area contributed by atoms with Gasteiger partial charge in [0.2, 0.25) is 11.8 Å². The van der Waals surface area contributed by atoms with Gasteiger partial charge in [-0.15, -0.1) is 0 Å². The minimum atomic E-state index is -0.125. The number of hydrogen-bond donors (Lipinski definition) is 2. The highest BCUT2D eigenvalue weighted by molar-refractivity contribution is 5.85. The molecule has 0 aliphatic heterocycles. The van der Waals surface area contributed by atoms with Gasteiger partial charge in [-0.1, -0.05) is 13.3 Å². The van der Waals surface area contributed by atoms with Gasteiger partial charge in [0.1, 0.15) is 0 Å². The minimum absolute atomic E-state index is 0.0600. The van der Waals surface area contributed by atoms with Crippen molar-refractivity contribution in [1.82, 2.24) is 15.1 Å². The molecular weight excluding hydrogens is 258 g/mol. The largest absolute Gasteiger partial charge is 0.395 e. The Labute approximate surface area is 121 Å². The summed E-state index contributed by atoms with van der Waals surface area (Å²) in [5.41, 5.74) is 0. The van der Waals surface area contributed by atoms with E-state index in [1.54, 1.807) is 7.05 Å². The van der Waals surface area contributed by atoms with E-state index in [2.05, 4.69) is 5.32 Å². The molecule has 0 radical (unpaired) electrons. The molecule has 2 N–H and O–H groups in total. The molecule has 0 atom stereocenters. The van der Waals surface area contributed by atoms with Crippen LogP contribution in [-0.2, 0) is 9.59 Å². The maximum Gasteiger partial charge on any atom is 0.239 e. The number of carbonyl (C=O) groups is 2. The van der Waals surface area contributed by atoms with Crippen molar-refractivity contribution in [1.29, 1.82) is 0 Å². The molecule has 6 heteroatoms. The second-order valence-corrected chi connectivity index (χ2v) is 5.38. The van der Waals surface area contributed by atoms with Crippen LogP contribution in [0.25, 0.3) is 0 Å². The Kier molecular flexibility index (Phi) is 7.54. The lowest BCUT2D eigenvalue weighted by molar-refractivity contribution is -0.136. The summed E-state index contributed by atoms with van der Waals surface area (Å²) in [7, 11) is 1.64.